The molecule has 0 radical (unpaired) electrons. The zero-order valence-electron chi connectivity index (χ0n) is 20.1. The molecule has 4 nitrogen and oxygen atoms in total. The summed E-state index contributed by atoms with van der Waals surface area (Å²) in [5.74, 6) is 0.669. The van der Waals surface area contributed by atoms with E-state index in [0.29, 0.717) is 22.4 Å². The molecular weight excluding hydrogens is 465 g/mol. The molecule has 2 aromatic carbocycles. The number of aryl methyl sites for hydroxylation is 1. The van der Waals surface area contributed by atoms with E-state index in [2.05, 4.69) is 45.7 Å². The van der Waals surface area contributed by atoms with Gasteiger partial charge >= 0.3 is 0 Å². The number of aromatic nitrogens is 1. The molecule has 0 saturated carbocycles. The Hall–Kier alpha value is -1.72. The summed E-state index contributed by atoms with van der Waals surface area (Å²) in [6.45, 7) is 6.61. The molecule has 0 aliphatic carbocycles. The number of para-hydroxylation sites is 1. The normalized spacial score (nSPS) is 18.6. The molecule has 3 aromatic rings. The minimum atomic E-state index is 0.485. The summed E-state index contributed by atoms with van der Waals surface area (Å²) >= 11 is 12.4. The maximum Gasteiger partial charge on any atom is 0.138 e. The number of fused-ring (bicyclic) bond motifs is 1. The number of rotatable bonds is 7. The molecule has 2 aliphatic heterocycles. The molecule has 2 aliphatic rings. The van der Waals surface area contributed by atoms with Crippen LogP contribution >= 0.6 is 23.2 Å². The van der Waals surface area contributed by atoms with Gasteiger partial charge in [0.25, 0.3) is 0 Å². The van der Waals surface area contributed by atoms with Crippen LogP contribution < -0.4 is 4.74 Å². The highest BCUT2D eigenvalue weighted by Crippen LogP contribution is 2.31. The fraction of sp³-hybridized carbons (Fsp3) is 0.500. The molecule has 0 atom stereocenters. The van der Waals surface area contributed by atoms with Crippen molar-refractivity contribution in [2.24, 2.45) is 7.05 Å². The number of ether oxygens (including phenoxy) is 1. The number of halogens is 2. The van der Waals surface area contributed by atoms with Crippen LogP contribution in [-0.4, -0.2) is 53.1 Å². The lowest BCUT2D eigenvalue weighted by atomic mass is 9.99. The van der Waals surface area contributed by atoms with Gasteiger partial charge < -0.3 is 19.1 Å². The van der Waals surface area contributed by atoms with Gasteiger partial charge in [-0.15, -0.1) is 0 Å². The molecular formula is C28H35Cl2N3O. The molecule has 0 amide bonds. The summed E-state index contributed by atoms with van der Waals surface area (Å²) in [5.41, 5.74) is 3.86. The second-order valence-corrected chi connectivity index (χ2v) is 10.6. The molecule has 5 rings (SSSR count). The van der Waals surface area contributed by atoms with E-state index in [0.717, 1.165) is 19.0 Å². The Morgan fingerprint density at radius 2 is 1.71 bits per heavy atom. The monoisotopic (exact) mass is 499 g/mol. The Morgan fingerprint density at radius 1 is 0.941 bits per heavy atom. The fourth-order valence-electron chi connectivity index (χ4n) is 5.79. The van der Waals surface area contributed by atoms with Crippen molar-refractivity contribution in [3.63, 3.8) is 0 Å². The minimum absolute atomic E-state index is 0.485. The number of benzene rings is 2. The van der Waals surface area contributed by atoms with Crippen LogP contribution in [0.25, 0.3) is 10.9 Å². The largest absolute Gasteiger partial charge is 0.486 e. The van der Waals surface area contributed by atoms with Crippen molar-refractivity contribution in [1.29, 1.82) is 0 Å². The molecule has 0 spiro atoms. The SMILES string of the molecule is Cn1c(COc2ccc(Cl)cc2Cl)c(CCN2CCC(N3CCCCC3)CC2)c2ccccc21. The van der Waals surface area contributed by atoms with Gasteiger partial charge in [0.2, 0.25) is 0 Å². The van der Waals surface area contributed by atoms with E-state index in [1.165, 1.54) is 80.4 Å². The smallest absolute Gasteiger partial charge is 0.138 e. The Balaban J connectivity index is 1.27. The van der Waals surface area contributed by atoms with E-state index >= 15 is 0 Å². The quantitative estimate of drug-likeness (QED) is 0.367. The fourth-order valence-corrected chi connectivity index (χ4v) is 6.25. The number of piperidine rings is 2. The Morgan fingerprint density at radius 3 is 2.47 bits per heavy atom. The van der Waals surface area contributed by atoms with Crippen molar-refractivity contribution in [2.75, 3.05) is 32.7 Å². The third-order valence-electron chi connectivity index (χ3n) is 7.74. The maximum absolute atomic E-state index is 6.36. The second-order valence-electron chi connectivity index (χ2n) is 9.78. The molecule has 6 heteroatoms. The van der Waals surface area contributed by atoms with Gasteiger partial charge in [-0.05, 0) is 88.1 Å². The average molecular weight is 501 g/mol. The first-order chi connectivity index (χ1) is 16.6. The van der Waals surface area contributed by atoms with Crippen LogP contribution in [0.4, 0.5) is 0 Å². The predicted octanol–water partition coefficient (Wildman–Crippen LogP) is 6.56. The van der Waals surface area contributed by atoms with Crippen LogP contribution in [0.15, 0.2) is 42.5 Å². The van der Waals surface area contributed by atoms with Crippen LogP contribution in [-0.2, 0) is 20.1 Å². The summed E-state index contributed by atoms with van der Waals surface area (Å²) in [6, 6.07) is 14.9. The highest BCUT2D eigenvalue weighted by molar-refractivity contribution is 6.35. The highest BCUT2D eigenvalue weighted by atomic mass is 35.5. The van der Waals surface area contributed by atoms with Crippen molar-refractivity contribution in [1.82, 2.24) is 14.4 Å². The average Bonchev–Trinajstić information content (AvgIpc) is 3.14. The summed E-state index contributed by atoms with van der Waals surface area (Å²) in [7, 11) is 2.14. The van der Waals surface area contributed by atoms with Gasteiger partial charge in [-0.2, -0.15) is 0 Å². The summed E-state index contributed by atoms with van der Waals surface area (Å²) in [4.78, 5) is 5.41. The Bertz CT molecular complexity index is 1110. The Kier molecular flexibility index (Phi) is 7.70. The van der Waals surface area contributed by atoms with Crippen molar-refractivity contribution in [2.45, 2.75) is 51.2 Å². The number of nitrogens with zero attached hydrogens (tertiary/aromatic N) is 3. The van der Waals surface area contributed by atoms with Gasteiger partial charge in [-0.25, -0.2) is 0 Å². The van der Waals surface area contributed by atoms with Crippen molar-refractivity contribution in [3.05, 3.63) is 63.8 Å². The minimum Gasteiger partial charge on any atom is -0.486 e. The lowest BCUT2D eigenvalue weighted by molar-refractivity contribution is 0.0931. The second kappa shape index (κ2) is 10.9. The number of hydrogen-bond acceptors (Lipinski definition) is 3. The van der Waals surface area contributed by atoms with Gasteiger partial charge in [0.1, 0.15) is 12.4 Å². The zero-order chi connectivity index (χ0) is 23.5. The molecule has 0 bridgehead atoms. The van der Waals surface area contributed by atoms with E-state index in [1.807, 2.05) is 12.1 Å². The van der Waals surface area contributed by atoms with Gasteiger partial charge in [0.15, 0.2) is 0 Å². The van der Waals surface area contributed by atoms with Gasteiger partial charge in [-0.1, -0.05) is 47.8 Å². The van der Waals surface area contributed by atoms with E-state index in [9.17, 15) is 0 Å². The Labute approximate surface area is 213 Å². The molecule has 0 N–H and O–H groups in total. The van der Waals surface area contributed by atoms with Gasteiger partial charge in [0, 0.05) is 35.6 Å². The molecule has 34 heavy (non-hydrogen) atoms. The number of hydrogen-bond donors (Lipinski definition) is 0. The van der Waals surface area contributed by atoms with Crippen molar-refractivity contribution in [3.8, 4) is 5.75 Å². The first kappa shape index (κ1) is 24.0. The first-order valence-corrected chi connectivity index (χ1v) is 13.4. The standard InChI is InChI=1S/C28H35Cl2N3O/c1-31-26-8-4-3-7-23(26)24(27(31)20-34-28-10-9-21(29)19-25(28)30)13-18-32-16-11-22(12-17-32)33-14-5-2-6-15-33/h3-4,7-10,19,22H,2,5-6,11-18,20H2,1H3. The van der Waals surface area contributed by atoms with Crippen LogP contribution in [0.2, 0.25) is 10.0 Å². The summed E-state index contributed by atoms with van der Waals surface area (Å²) < 4.78 is 8.45. The molecule has 2 fully saturated rings. The molecule has 182 valence electrons. The van der Waals surface area contributed by atoms with Crippen molar-refractivity contribution >= 4 is 34.1 Å². The van der Waals surface area contributed by atoms with E-state index in [-0.39, 0.29) is 0 Å². The predicted molar refractivity (Wildman–Crippen MR) is 142 cm³/mol. The van der Waals surface area contributed by atoms with E-state index in [4.69, 9.17) is 27.9 Å². The third kappa shape index (κ3) is 5.26. The van der Waals surface area contributed by atoms with Crippen LogP contribution in [0.3, 0.4) is 0 Å². The van der Waals surface area contributed by atoms with Gasteiger partial charge in [0.05, 0.1) is 10.7 Å². The summed E-state index contributed by atoms with van der Waals surface area (Å²) in [5, 5.41) is 2.49. The topological polar surface area (TPSA) is 20.6 Å². The van der Waals surface area contributed by atoms with Crippen LogP contribution in [0, 0.1) is 0 Å². The molecule has 3 heterocycles. The van der Waals surface area contributed by atoms with Crippen LogP contribution in [0.1, 0.15) is 43.4 Å². The van der Waals surface area contributed by atoms with Crippen molar-refractivity contribution < 1.29 is 4.74 Å². The van der Waals surface area contributed by atoms with Gasteiger partial charge in [-0.3, -0.25) is 0 Å². The molecule has 0 unspecified atom stereocenters. The van der Waals surface area contributed by atoms with E-state index < -0.39 is 0 Å². The first-order valence-electron chi connectivity index (χ1n) is 12.7. The van der Waals surface area contributed by atoms with E-state index in [1.54, 1.807) is 6.07 Å². The van der Waals surface area contributed by atoms with Crippen LogP contribution in [0.5, 0.6) is 5.75 Å². The maximum atomic E-state index is 6.36. The lowest BCUT2D eigenvalue weighted by Crippen LogP contribution is -2.47. The molecule has 2 saturated heterocycles. The number of likely N-dealkylation sites (tertiary alicyclic amines) is 2. The lowest BCUT2D eigenvalue weighted by Gasteiger charge is -2.40. The highest BCUT2D eigenvalue weighted by Gasteiger charge is 2.26. The third-order valence-corrected chi connectivity index (χ3v) is 8.27. The summed E-state index contributed by atoms with van der Waals surface area (Å²) in [6.07, 6.45) is 7.82. The zero-order valence-corrected chi connectivity index (χ0v) is 21.6. The molecule has 1 aromatic heterocycles.